The molecule has 2 aromatic rings. The van der Waals surface area contributed by atoms with E-state index in [0.29, 0.717) is 0 Å². The Balaban J connectivity index is 1.85. The first-order chi connectivity index (χ1) is 8.24. The minimum atomic E-state index is 0.813. The highest BCUT2D eigenvalue weighted by Gasteiger charge is 1.97. The van der Waals surface area contributed by atoms with E-state index in [2.05, 4.69) is 62.4 Å². The molecule has 0 aliphatic rings. The van der Waals surface area contributed by atoms with Crippen molar-refractivity contribution in [2.24, 2.45) is 0 Å². The highest BCUT2D eigenvalue weighted by molar-refractivity contribution is 9.10. The molecule has 0 bridgehead atoms. The number of hydrogen-bond donors (Lipinski definition) is 1. The van der Waals surface area contributed by atoms with Crippen molar-refractivity contribution in [3.8, 4) is 0 Å². The molecule has 1 aromatic heterocycles. The minimum absolute atomic E-state index is 0.813. The van der Waals surface area contributed by atoms with E-state index in [1.165, 1.54) is 5.56 Å². The second-order valence-corrected chi connectivity index (χ2v) is 4.65. The summed E-state index contributed by atoms with van der Waals surface area (Å²) in [5.74, 6) is 0.846. The number of halogens is 1. The molecule has 0 fully saturated rings. The van der Waals surface area contributed by atoms with Crippen LogP contribution < -0.4 is 5.32 Å². The van der Waals surface area contributed by atoms with Crippen molar-refractivity contribution in [3.05, 3.63) is 52.5 Å². The number of nitrogens with one attached hydrogen (secondary N) is 1. The average Bonchev–Trinajstić information content (AvgIpc) is 2.32. The van der Waals surface area contributed by atoms with Crippen molar-refractivity contribution in [2.45, 2.75) is 13.3 Å². The summed E-state index contributed by atoms with van der Waals surface area (Å²) in [6.07, 6.45) is 2.58. The first-order valence-electron chi connectivity index (χ1n) is 5.52. The van der Waals surface area contributed by atoms with Gasteiger partial charge in [0.2, 0.25) is 0 Å². The predicted molar refractivity (Wildman–Crippen MR) is 73.1 cm³/mol. The lowest BCUT2D eigenvalue weighted by molar-refractivity contribution is 0.885. The minimum Gasteiger partial charge on any atom is -0.385 e. The summed E-state index contributed by atoms with van der Waals surface area (Å²) >= 11 is 3.34. The van der Waals surface area contributed by atoms with Crippen LogP contribution in [0.4, 0.5) is 5.69 Å². The molecular weight excluding hydrogens is 278 g/mol. The van der Waals surface area contributed by atoms with Crippen LogP contribution in [0.15, 0.2) is 41.1 Å². The fourth-order valence-corrected chi connectivity index (χ4v) is 1.81. The van der Waals surface area contributed by atoms with Crippen LogP contribution in [0, 0.1) is 6.92 Å². The number of aromatic nitrogens is 2. The third-order valence-corrected chi connectivity index (χ3v) is 2.84. The molecular formula is C13H14BrN3. The van der Waals surface area contributed by atoms with Crippen molar-refractivity contribution in [2.75, 3.05) is 11.9 Å². The fraction of sp³-hybridized carbons (Fsp3) is 0.231. The predicted octanol–water partition coefficient (Wildman–Crippen LogP) is 3.20. The van der Waals surface area contributed by atoms with Crippen LogP contribution >= 0.6 is 15.9 Å². The van der Waals surface area contributed by atoms with Gasteiger partial charge in [-0.3, -0.25) is 0 Å². The fourth-order valence-electron chi connectivity index (χ4n) is 1.48. The Kier molecular flexibility index (Phi) is 4.09. The molecule has 88 valence electrons. The van der Waals surface area contributed by atoms with Gasteiger partial charge in [0.05, 0.1) is 0 Å². The molecule has 0 unspecified atom stereocenters. The van der Waals surface area contributed by atoms with Crippen molar-refractivity contribution in [1.29, 1.82) is 0 Å². The van der Waals surface area contributed by atoms with Gasteiger partial charge in [-0.05, 0) is 41.1 Å². The molecule has 0 spiro atoms. The van der Waals surface area contributed by atoms with Gasteiger partial charge < -0.3 is 5.32 Å². The molecule has 3 nitrogen and oxygen atoms in total. The van der Waals surface area contributed by atoms with Gasteiger partial charge >= 0.3 is 0 Å². The van der Waals surface area contributed by atoms with Crippen LogP contribution in [-0.4, -0.2) is 16.5 Å². The van der Waals surface area contributed by atoms with Gasteiger partial charge in [0.15, 0.2) is 0 Å². The highest BCUT2D eigenvalue weighted by atomic mass is 79.9. The second-order valence-electron chi connectivity index (χ2n) is 3.84. The lowest BCUT2D eigenvalue weighted by Crippen LogP contribution is -2.07. The van der Waals surface area contributed by atoms with Gasteiger partial charge in [0.25, 0.3) is 0 Å². The van der Waals surface area contributed by atoms with Gasteiger partial charge in [-0.2, -0.15) is 0 Å². The molecule has 0 saturated heterocycles. The van der Waals surface area contributed by atoms with Crippen LogP contribution in [-0.2, 0) is 6.42 Å². The van der Waals surface area contributed by atoms with Gasteiger partial charge in [-0.1, -0.05) is 17.7 Å². The zero-order chi connectivity index (χ0) is 12.1. The van der Waals surface area contributed by atoms with Gasteiger partial charge in [-0.15, -0.1) is 0 Å². The lowest BCUT2D eigenvalue weighted by Gasteiger charge is -2.06. The Bertz CT molecular complexity index is 482. The summed E-state index contributed by atoms with van der Waals surface area (Å²) in [4.78, 5) is 8.49. The summed E-state index contributed by atoms with van der Waals surface area (Å²) in [5, 5.41) is 3.34. The SMILES string of the molecule is Cc1ccc(NCCc2nccc(Br)n2)cc1. The maximum absolute atomic E-state index is 4.28. The largest absolute Gasteiger partial charge is 0.385 e. The van der Waals surface area contributed by atoms with Gasteiger partial charge in [0, 0.05) is 24.8 Å². The summed E-state index contributed by atoms with van der Waals surface area (Å²) in [6, 6.07) is 10.2. The Hall–Kier alpha value is -1.42. The Morgan fingerprint density at radius 2 is 1.94 bits per heavy atom. The maximum atomic E-state index is 4.28. The lowest BCUT2D eigenvalue weighted by atomic mass is 10.2. The topological polar surface area (TPSA) is 37.8 Å². The van der Waals surface area contributed by atoms with Crippen molar-refractivity contribution in [3.63, 3.8) is 0 Å². The molecule has 0 aliphatic carbocycles. The van der Waals surface area contributed by atoms with E-state index in [4.69, 9.17) is 0 Å². The number of anilines is 1. The summed E-state index contributed by atoms with van der Waals surface area (Å²) < 4.78 is 0.831. The van der Waals surface area contributed by atoms with Crippen LogP contribution in [0.1, 0.15) is 11.4 Å². The molecule has 0 atom stereocenters. The standard InChI is InChI=1S/C13H14BrN3/c1-10-2-4-11(5-3-10)15-9-7-13-16-8-6-12(14)17-13/h2-6,8,15H,7,9H2,1H3. The second kappa shape index (κ2) is 5.77. The average molecular weight is 292 g/mol. The molecule has 4 heteroatoms. The van der Waals surface area contributed by atoms with Crippen molar-refractivity contribution < 1.29 is 0 Å². The number of benzene rings is 1. The Labute approximate surface area is 109 Å². The van der Waals surface area contributed by atoms with Gasteiger partial charge in [0.1, 0.15) is 10.4 Å². The molecule has 2 rings (SSSR count). The molecule has 0 radical (unpaired) electrons. The molecule has 1 aromatic carbocycles. The Morgan fingerprint density at radius 1 is 1.18 bits per heavy atom. The Morgan fingerprint density at radius 3 is 2.65 bits per heavy atom. The van der Waals surface area contributed by atoms with E-state index >= 15 is 0 Å². The van der Waals surface area contributed by atoms with Crippen molar-refractivity contribution >= 4 is 21.6 Å². The van der Waals surface area contributed by atoms with E-state index in [9.17, 15) is 0 Å². The number of nitrogens with zero attached hydrogens (tertiary/aromatic N) is 2. The molecule has 1 heterocycles. The molecule has 0 saturated carbocycles. The third-order valence-electron chi connectivity index (χ3n) is 2.40. The van der Waals surface area contributed by atoms with E-state index < -0.39 is 0 Å². The molecule has 0 amide bonds. The number of hydrogen-bond acceptors (Lipinski definition) is 3. The van der Waals surface area contributed by atoms with Crippen molar-refractivity contribution in [1.82, 2.24) is 9.97 Å². The maximum Gasteiger partial charge on any atom is 0.131 e. The molecule has 0 aliphatic heterocycles. The number of aryl methyl sites for hydroxylation is 1. The summed E-state index contributed by atoms with van der Waals surface area (Å²) in [5.41, 5.74) is 2.40. The third kappa shape index (κ3) is 3.82. The van der Waals surface area contributed by atoms with Gasteiger partial charge in [-0.25, -0.2) is 9.97 Å². The smallest absolute Gasteiger partial charge is 0.131 e. The molecule has 17 heavy (non-hydrogen) atoms. The summed E-state index contributed by atoms with van der Waals surface area (Å²) in [6.45, 7) is 2.92. The zero-order valence-corrected chi connectivity index (χ0v) is 11.2. The quantitative estimate of drug-likeness (QED) is 0.879. The highest BCUT2D eigenvalue weighted by Crippen LogP contribution is 2.09. The van der Waals surface area contributed by atoms with Crippen LogP contribution in [0.2, 0.25) is 0 Å². The summed E-state index contributed by atoms with van der Waals surface area (Å²) in [7, 11) is 0. The first-order valence-corrected chi connectivity index (χ1v) is 6.31. The van der Waals surface area contributed by atoms with Crippen LogP contribution in [0.25, 0.3) is 0 Å². The van der Waals surface area contributed by atoms with E-state index in [-0.39, 0.29) is 0 Å². The zero-order valence-electron chi connectivity index (χ0n) is 9.65. The first kappa shape index (κ1) is 12.0. The monoisotopic (exact) mass is 291 g/mol. The van der Waals surface area contributed by atoms with E-state index in [0.717, 1.165) is 29.1 Å². The van der Waals surface area contributed by atoms with Crippen LogP contribution in [0.3, 0.4) is 0 Å². The van der Waals surface area contributed by atoms with E-state index in [1.54, 1.807) is 6.20 Å². The normalized spacial score (nSPS) is 10.2. The molecule has 1 N–H and O–H groups in total. The number of rotatable bonds is 4. The van der Waals surface area contributed by atoms with Crippen LogP contribution in [0.5, 0.6) is 0 Å². The van der Waals surface area contributed by atoms with E-state index in [1.807, 2.05) is 6.07 Å².